The van der Waals surface area contributed by atoms with E-state index in [-0.39, 0.29) is 0 Å². The zero-order valence-electron chi connectivity index (χ0n) is 7.07. The van der Waals surface area contributed by atoms with Gasteiger partial charge in [0.05, 0.1) is 0 Å². The molecule has 3 N–H and O–H groups in total. The van der Waals surface area contributed by atoms with Crippen LogP contribution >= 0.6 is 0 Å². The van der Waals surface area contributed by atoms with Gasteiger partial charge in [0.15, 0.2) is 0 Å². The van der Waals surface area contributed by atoms with Crippen molar-refractivity contribution < 1.29 is 10.7 Å². The molecule has 2 nitrogen and oxygen atoms in total. The van der Waals surface area contributed by atoms with Gasteiger partial charge in [-0.2, -0.15) is 0 Å². The van der Waals surface area contributed by atoms with Crippen molar-refractivity contribution >= 4 is 0 Å². The van der Waals surface area contributed by atoms with Gasteiger partial charge < -0.3 is 0 Å². The Morgan fingerprint density at radius 2 is 1.60 bits per heavy atom. The topological polar surface area (TPSA) is 36.9 Å². The molecule has 62 valence electrons. The molecule has 0 spiro atoms. The first kappa shape index (κ1) is 9.92. The van der Waals surface area contributed by atoms with Crippen LogP contribution in [0.2, 0.25) is 0 Å². The lowest BCUT2D eigenvalue weighted by atomic mass is 10.1. The number of hydrogen-bond donors (Lipinski definition) is 1. The van der Waals surface area contributed by atoms with Crippen LogP contribution in [-0.4, -0.2) is 6.61 Å². The average Bonchev–Trinajstić information content (AvgIpc) is 1.97. The van der Waals surface area contributed by atoms with E-state index in [0.717, 1.165) is 6.61 Å². The molecule has 0 heterocycles. The summed E-state index contributed by atoms with van der Waals surface area (Å²) in [5.41, 5.74) is 0. The summed E-state index contributed by atoms with van der Waals surface area (Å²) >= 11 is 0. The van der Waals surface area contributed by atoms with E-state index in [1.165, 1.54) is 38.5 Å². The first-order chi connectivity index (χ1) is 4.91. The number of hydrogen-bond acceptors (Lipinski definition) is 1. The minimum absolute atomic E-state index is 0.826. The van der Waals surface area contributed by atoms with Crippen molar-refractivity contribution in [1.82, 2.24) is 0 Å². The molecule has 0 atom stereocenters. The Labute approximate surface area is 63.7 Å². The van der Waals surface area contributed by atoms with Gasteiger partial charge in [-0.25, -0.2) is 10.7 Å². The van der Waals surface area contributed by atoms with E-state index in [1.54, 1.807) is 0 Å². The van der Waals surface area contributed by atoms with E-state index in [2.05, 4.69) is 12.8 Å². The maximum absolute atomic E-state index is 4.70. The van der Waals surface area contributed by atoms with Gasteiger partial charge in [-0.3, -0.25) is 0 Å². The van der Waals surface area contributed by atoms with Gasteiger partial charge in [0.1, 0.15) is 6.61 Å². The second-order valence-electron chi connectivity index (χ2n) is 2.68. The second-order valence-corrected chi connectivity index (χ2v) is 2.68. The predicted octanol–water partition coefficient (Wildman–Crippen LogP) is 1.52. The monoisotopic (exact) mass is 146 g/mol. The van der Waals surface area contributed by atoms with E-state index < -0.39 is 0 Å². The summed E-state index contributed by atoms with van der Waals surface area (Å²) in [5.74, 6) is 3.32. The standard InChI is InChI=1S/C8H20NO/c1-2-3-4-5-6-7-8-10-9/h2-8H2,1,9H3/q+1. The van der Waals surface area contributed by atoms with Crippen molar-refractivity contribution in [3.63, 3.8) is 0 Å². The molecule has 0 saturated heterocycles. The molecule has 0 aliphatic carbocycles. The summed E-state index contributed by atoms with van der Waals surface area (Å²) in [5, 5.41) is 0. The lowest BCUT2D eigenvalue weighted by Gasteiger charge is -1.96. The van der Waals surface area contributed by atoms with Crippen LogP contribution in [0.4, 0.5) is 0 Å². The number of rotatable bonds is 7. The van der Waals surface area contributed by atoms with Crippen LogP contribution in [0.15, 0.2) is 0 Å². The molecule has 10 heavy (non-hydrogen) atoms. The van der Waals surface area contributed by atoms with Crippen molar-refractivity contribution in [3.05, 3.63) is 0 Å². The molecule has 0 aliphatic rings. The van der Waals surface area contributed by atoms with Gasteiger partial charge in [0.2, 0.25) is 0 Å². The van der Waals surface area contributed by atoms with E-state index in [1.807, 2.05) is 0 Å². The van der Waals surface area contributed by atoms with Gasteiger partial charge >= 0.3 is 0 Å². The summed E-state index contributed by atoms with van der Waals surface area (Å²) in [4.78, 5) is 4.70. The van der Waals surface area contributed by atoms with Crippen LogP contribution < -0.4 is 5.90 Å². The fraction of sp³-hybridized carbons (Fsp3) is 1.00. The van der Waals surface area contributed by atoms with Gasteiger partial charge in [0, 0.05) is 0 Å². The Balaban J connectivity index is 2.65. The van der Waals surface area contributed by atoms with Gasteiger partial charge in [-0.15, -0.1) is 0 Å². The fourth-order valence-electron chi connectivity index (χ4n) is 0.984. The summed E-state index contributed by atoms with van der Waals surface area (Å²) < 4.78 is 0. The molecule has 0 bridgehead atoms. The fourth-order valence-corrected chi connectivity index (χ4v) is 0.984. The van der Waals surface area contributed by atoms with Crippen LogP contribution in [0.25, 0.3) is 0 Å². The predicted molar refractivity (Wildman–Crippen MR) is 42.2 cm³/mol. The molecule has 0 rings (SSSR count). The van der Waals surface area contributed by atoms with Crippen molar-refractivity contribution in [2.24, 2.45) is 0 Å². The first-order valence-corrected chi connectivity index (χ1v) is 4.28. The van der Waals surface area contributed by atoms with E-state index >= 15 is 0 Å². The summed E-state index contributed by atoms with van der Waals surface area (Å²) in [6, 6.07) is 0. The van der Waals surface area contributed by atoms with Crippen LogP contribution in [0.1, 0.15) is 45.4 Å². The molecule has 0 aromatic heterocycles. The van der Waals surface area contributed by atoms with Gasteiger partial charge in [-0.1, -0.05) is 39.0 Å². The minimum Gasteiger partial charge on any atom is -0.213 e. The molecule has 0 aromatic rings. The van der Waals surface area contributed by atoms with Gasteiger partial charge in [0.25, 0.3) is 0 Å². The van der Waals surface area contributed by atoms with Crippen LogP contribution in [0.3, 0.4) is 0 Å². The zero-order valence-corrected chi connectivity index (χ0v) is 7.07. The van der Waals surface area contributed by atoms with Crippen LogP contribution in [0, 0.1) is 0 Å². The largest absolute Gasteiger partial charge is 0.213 e. The van der Waals surface area contributed by atoms with Crippen molar-refractivity contribution in [1.29, 1.82) is 0 Å². The molecule has 0 amide bonds. The highest BCUT2D eigenvalue weighted by molar-refractivity contribution is 4.41. The van der Waals surface area contributed by atoms with Crippen LogP contribution in [-0.2, 0) is 4.84 Å². The Morgan fingerprint density at radius 1 is 1.00 bits per heavy atom. The quantitative estimate of drug-likeness (QED) is 0.429. The third-order valence-electron chi connectivity index (χ3n) is 1.64. The second kappa shape index (κ2) is 8.92. The summed E-state index contributed by atoms with van der Waals surface area (Å²) in [7, 11) is 0. The highest BCUT2D eigenvalue weighted by Crippen LogP contribution is 2.03. The van der Waals surface area contributed by atoms with Crippen molar-refractivity contribution in [3.8, 4) is 0 Å². The van der Waals surface area contributed by atoms with Crippen molar-refractivity contribution in [2.75, 3.05) is 6.61 Å². The molecular weight excluding hydrogens is 126 g/mol. The molecule has 2 heteroatoms. The highest BCUT2D eigenvalue weighted by Gasteiger charge is 1.88. The molecule has 0 radical (unpaired) electrons. The number of quaternary nitrogens is 1. The molecule has 0 aromatic carbocycles. The smallest absolute Gasteiger partial charge is 0.106 e. The van der Waals surface area contributed by atoms with E-state index in [9.17, 15) is 0 Å². The summed E-state index contributed by atoms with van der Waals surface area (Å²) in [6.07, 6.45) is 7.92. The van der Waals surface area contributed by atoms with Crippen LogP contribution in [0.5, 0.6) is 0 Å². The highest BCUT2D eigenvalue weighted by atomic mass is 16.6. The number of unbranched alkanes of at least 4 members (excludes halogenated alkanes) is 5. The maximum Gasteiger partial charge on any atom is 0.106 e. The Morgan fingerprint density at radius 3 is 2.20 bits per heavy atom. The minimum atomic E-state index is 0.826. The Kier molecular flexibility index (Phi) is 8.85. The van der Waals surface area contributed by atoms with Crippen molar-refractivity contribution in [2.45, 2.75) is 45.4 Å². The van der Waals surface area contributed by atoms with E-state index in [4.69, 9.17) is 4.84 Å². The average molecular weight is 146 g/mol. The molecule has 0 saturated carbocycles. The molecular formula is C8H20NO+. The van der Waals surface area contributed by atoms with E-state index in [0.29, 0.717) is 0 Å². The Bertz CT molecular complexity index is 49.2. The normalized spacial score (nSPS) is 10.2. The maximum atomic E-state index is 4.70. The zero-order chi connectivity index (χ0) is 7.66. The lowest BCUT2D eigenvalue weighted by molar-refractivity contribution is -0.689. The third kappa shape index (κ3) is 7.92. The molecule has 0 fully saturated rings. The van der Waals surface area contributed by atoms with Gasteiger partial charge in [-0.05, 0) is 6.42 Å². The first-order valence-electron chi connectivity index (χ1n) is 4.28. The SMILES string of the molecule is CCCCCCCCO[NH3+]. The Hall–Kier alpha value is -0.0800. The third-order valence-corrected chi connectivity index (χ3v) is 1.64. The lowest BCUT2D eigenvalue weighted by Crippen LogP contribution is -2.49. The summed E-state index contributed by atoms with van der Waals surface area (Å²) in [6.45, 7) is 3.06. The molecule has 0 unspecified atom stereocenters. The molecule has 0 aliphatic heterocycles.